The number of rotatable bonds is 5. The van der Waals surface area contributed by atoms with Crippen LogP contribution in [0.15, 0.2) is 41.6 Å². The zero-order valence-corrected chi connectivity index (χ0v) is 15.1. The van der Waals surface area contributed by atoms with Gasteiger partial charge < -0.3 is 9.30 Å². The van der Waals surface area contributed by atoms with Crippen LogP contribution in [0.4, 0.5) is 0 Å². The van der Waals surface area contributed by atoms with Gasteiger partial charge in [0.2, 0.25) is 10.0 Å². The first-order chi connectivity index (χ1) is 12.0. The van der Waals surface area contributed by atoms with E-state index in [0.717, 1.165) is 24.4 Å². The fraction of sp³-hybridized carbons (Fsp3) is 0.412. The molecule has 134 valence electrons. The number of nitrogens with zero attached hydrogens (tertiary/aromatic N) is 3. The zero-order valence-electron chi connectivity index (χ0n) is 14.3. The van der Waals surface area contributed by atoms with Crippen LogP contribution in [0.25, 0.3) is 0 Å². The van der Waals surface area contributed by atoms with E-state index in [2.05, 4.69) is 4.98 Å². The maximum absolute atomic E-state index is 13.1. The zero-order chi connectivity index (χ0) is 18.0. The van der Waals surface area contributed by atoms with E-state index in [1.54, 1.807) is 24.5 Å². The molecule has 1 aliphatic rings. The van der Waals surface area contributed by atoms with Gasteiger partial charge in [0, 0.05) is 13.0 Å². The molecule has 8 heteroatoms. The van der Waals surface area contributed by atoms with E-state index in [-0.39, 0.29) is 17.9 Å². The Labute approximate surface area is 147 Å². The second-order valence-electron chi connectivity index (χ2n) is 5.94. The van der Waals surface area contributed by atoms with Crippen LogP contribution in [0.2, 0.25) is 0 Å². The molecule has 0 unspecified atom stereocenters. The molecule has 1 aromatic heterocycles. The Bertz CT molecular complexity index is 861. The number of fused-ring (bicyclic) bond motifs is 1. The molecule has 0 amide bonds. The number of imidazole rings is 1. The molecule has 0 spiro atoms. The summed E-state index contributed by atoms with van der Waals surface area (Å²) in [5.74, 6) is -0.574. The van der Waals surface area contributed by atoms with Crippen molar-refractivity contribution < 1.29 is 17.9 Å². The van der Waals surface area contributed by atoms with Crippen LogP contribution in [0, 0.1) is 0 Å². The highest BCUT2D eigenvalue weighted by Gasteiger charge is 2.41. The number of carbonyl (C=O) groups excluding carboxylic acids is 1. The number of hydrogen-bond donors (Lipinski definition) is 0. The fourth-order valence-electron chi connectivity index (χ4n) is 3.10. The maximum Gasteiger partial charge on any atom is 0.324 e. The summed E-state index contributed by atoms with van der Waals surface area (Å²) in [6.07, 6.45) is 2.83. The van der Waals surface area contributed by atoms with Crippen molar-refractivity contribution in [3.05, 3.63) is 48.0 Å². The van der Waals surface area contributed by atoms with Crippen molar-refractivity contribution in [2.45, 2.75) is 43.8 Å². The Balaban J connectivity index is 2.05. The molecule has 7 nitrogen and oxygen atoms in total. The molecule has 0 N–H and O–H groups in total. The number of hydrogen-bond acceptors (Lipinski definition) is 5. The van der Waals surface area contributed by atoms with Gasteiger partial charge in [-0.2, -0.15) is 4.31 Å². The number of carbonyl (C=O) groups is 1. The van der Waals surface area contributed by atoms with Crippen LogP contribution in [-0.4, -0.2) is 41.4 Å². The summed E-state index contributed by atoms with van der Waals surface area (Å²) < 4.78 is 34.2. The monoisotopic (exact) mass is 363 g/mol. The minimum Gasteiger partial charge on any atom is -0.468 e. The number of aryl methyl sites for hydroxylation is 1. The molecule has 0 saturated heterocycles. The van der Waals surface area contributed by atoms with Crippen LogP contribution in [0.1, 0.15) is 24.7 Å². The molecule has 1 aliphatic heterocycles. The summed E-state index contributed by atoms with van der Waals surface area (Å²) in [6, 6.07) is 7.23. The topological polar surface area (TPSA) is 81.5 Å². The van der Waals surface area contributed by atoms with E-state index in [1.165, 1.54) is 23.5 Å². The maximum atomic E-state index is 13.1. The summed E-state index contributed by atoms with van der Waals surface area (Å²) in [6.45, 7) is 2.90. The fourth-order valence-corrected chi connectivity index (χ4v) is 4.66. The number of sulfonamides is 1. The van der Waals surface area contributed by atoms with Gasteiger partial charge in [-0.1, -0.05) is 25.1 Å². The Hall–Kier alpha value is -2.19. The first-order valence-electron chi connectivity index (χ1n) is 8.16. The van der Waals surface area contributed by atoms with Crippen LogP contribution in [-0.2, 0) is 39.1 Å². The van der Waals surface area contributed by atoms with E-state index in [9.17, 15) is 13.2 Å². The van der Waals surface area contributed by atoms with E-state index < -0.39 is 22.0 Å². The highest BCUT2D eigenvalue weighted by Crippen LogP contribution is 2.29. The Morgan fingerprint density at radius 2 is 2.04 bits per heavy atom. The van der Waals surface area contributed by atoms with Gasteiger partial charge in [-0.15, -0.1) is 0 Å². The van der Waals surface area contributed by atoms with E-state index in [0.29, 0.717) is 0 Å². The number of methoxy groups -OCH3 is 1. The molecule has 0 aliphatic carbocycles. The van der Waals surface area contributed by atoms with Crippen molar-refractivity contribution in [1.82, 2.24) is 13.9 Å². The van der Waals surface area contributed by atoms with Crippen LogP contribution < -0.4 is 0 Å². The van der Waals surface area contributed by atoms with Crippen molar-refractivity contribution in [3.63, 3.8) is 0 Å². The minimum absolute atomic E-state index is 0.103. The molecule has 3 rings (SSSR count). The summed E-state index contributed by atoms with van der Waals surface area (Å²) >= 11 is 0. The largest absolute Gasteiger partial charge is 0.468 e. The third-order valence-corrected chi connectivity index (χ3v) is 6.23. The molecular formula is C17H21N3O4S. The summed E-state index contributed by atoms with van der Waals surface area (Å²) in [7, 11) is -2.56. The number of ether oxygens (including phenoxy) is 1. The van der Waals surface area contributed by atoms with Gasteiger partial charge in [0.1, 0.15) is 6.04 Å². The minimum atomic E-state index is -3.83. The lowest BCUT2D eigenvalue weighted by molar-refractivity contribution is -0.145. The van der Waals surface area contributed by atoms with Crippen LogP contribution in [0.5, 0.6) is 0 Å². The smallest absolute Gasteiger partial charge is 0.324 e. The molecule has 0 fully saturated rings. The van der Waals surface area contributed by atoms with Gasteiger partial charge in [-0.3, -0.25) is 4.79 Å². The van der Waals surface area contributed by atoms with Crippen LogP contribution >= 0.6 is 0 Å². The van der Waals surface area contributed by atoms with Crippen molar-refractivity contribution in [3.8, 4) is 0 Å². The first-order valence-corrected chi connectivity index (χ1v) is 9.60. The van der Waals surface area contributed by atoms with Crippen molar-refractivity contribution in [2.75, 3.05) is 7.11 Å². The van der Waals surface area contributed by atoms with Gasteiger partial charge in [-0.25, -0.2) is 13.4 Å². The SMILES string of the molecule is CCCn1cnc2c1CN(S(=O)(=O)c1ccccc1)[C@H](C(=O)OC)C2. The molecule has 0 radical (unpaired) electrons. The third kappa shape index (κ3) is 3.19. The van der Waals surface area contributed by atoms with Gasteiger partial charge in [0.25, 0.3) is 0 Å². The normalized spacial score (nSPS) is 17.9. The quantitative estimate of drug-likeness (QED) is 0.754. The Kier molecular flexibility index (Phi) is 4.91. The third-order valence-electron chi connectivity index (χ3n) is 4.36. The first kappa shape index (κ1) is 17.6. The lowest BCUT2D eigenvalue weighted by atomic mass is 10.1. The van der Waals surface area contributed by atoms with Gasteiger partial charge >= 0.3 is 5.97 Å². The van der Waals surface area contributed by atoms with Crippen molar-refractivity contribution >= 4 is 16.0 Å². The highest BCUT2D eigenvalue weighted by molar-refractivity contribution is 7.89. The molecule has 0 bridgehead atoms. The Morgan fingerprint density at radius 3 is 2.68 bits per heavy atom. The molecule has 0 saturated carbocycles. The lowest BCUT2D eigenvalue weighted by Crippen LogP contribution is -2.49. The van der Waals surface area contributed by atoms with Crippen molar-refractivity contribution in [2.24, 2.45) is 0 Å². The molecular weight excluding hydrogens is 342 g/mol. The second-order valence-corrected chi connectivity index (χ2v) is 7.83. The summed E-state index contributed by atoms with van der Waals surface area (Å²) in [5.41, 5.74) is 1.59. The van der Waals surface area contributed by atoms with Crippen molar-refractivity contribution in [1.29, 1.82) is 0 Å². The lowest BCUT2D eigenvalue weighted by Gasteiger charge is -2.33. The number of esters is 1. The molecule has 25 heavy (non-hydrogen) atoms. The second kappa shape index (κ2) is 6.97. The van der Waals surface area contributed by atoms with Crippen LogP contribution in [0.3, 0.4) is 0 Å². The predicted molar refractivity (Wildman–Crippen MR) is 91.2 cm³/mol. The van der Waals surface area contributed by atoms with Gasteiger partial charge in [-0.05, 0) is 18.6 Å². The standard InChI is InChI=1S/C17H21N3O4S/c1-3-9-19-12-18-14-10-15(17(21)24-2)20(11-16(14)19)25(22,23)13-7-5-4-6-8-13/h4-8,12,15H,3,9-11H2,1-2H3/t15-/m0/s1. The molecule has 1 aromatic carbocycles. The van der Waals surface area contributed by atoms with E-state index in [4.69, 9.17) is 4.74 Å². The summed E-state index contributed by atoms with van der Waals surface area (Å²) in [4.78, 5) is 16.8. The van der Waals surface area contributed by atoms with Gasteiger partial charge in [0.15, 0.2) is 0 Å². The predicted octanol–water partition coefficient (Wildman–Crippen LogP) is 1.58. The molecule has 1 atom stereocenters. The van der Waals surface area contributed by atoms with E-state index in [1.807, 2.05) is 11.5 Å². The summed E-state index contributed by atoms with van der Waals surface area (Å²) in [5, 5.41) is 0. The Morgan fingerprint density at radius 1 is 1.32 bits per heavy atom. The average molecular weight is 363 g/mol. The van der Waals surface area contributed by atoms with Gasteiger partial charge in [0.05, 0.1) is 36.3 Å². The number of aromatic nitrogens is 2. The molecule has 2 aromatic rings. The average Bonchev–Trinajstić information content (AvgIpc) is 3.03. The highest BCUT2D eigenvalue weighted by atomic mass is 32.2. The number of benzene rings is 1. The molecule has 2 heterocycles. The van der Waals surface area contributed by atoms with E-state index >= 15 is 0 Å².